The molecule has 0 aliphatic carbocycles. The van der Waals surface area contributed by atoms with Gasteiger partial charge in [0.25, 0.3) is 5.69 Å². The molecule has 0 amide bonds. The van der Waals surface area contributed by atoms with Gasteiger partial charge in [0.05, 0.1) is 14.6 Å². The van der Waals surface area contributed by atoms with Crippen LogP contribution in [0.5, 0.6) is 0 Å². The molecule has 100 valence electrons. The van der Waals surface area contributed by atoms with Crippen molar-refractivity contribution in [3.63, 3.8) is 0 Å². The second-order valence-corrected chi connectivity index (χ2v) is 5.12. The lowest BCUT2D eigenvalue weighted by Gasteiger charge is -2.09. The van der Waals surface area contributed by atoms with Gasteiger partial charge in [0.15, 0.2) is 0 Å². The Morgan fingerprint density at radius 1 is 1.61 bits per heavy atom. The van der Waals surface area contributed by atoms with Crippen molar-refractivity contribution < 1.29 is 14.4 Å². The van der Waals surface area contributed by atoms with E-state index in [2.05, 4.69) is 5.32 Å². The maximum atomic E-state index is 13.3. The molecule has 18 heavy (non-hydrogen) atoms. The highest BCUT2D eigenvalue weighted by Crippen LogP contribution is 2.28. The molecule has 0 fully saturated rings. The van der Waals surface area contributed by atoms with Gasteiger partial charge in [-0.15, -0.1) is 0 Å². The number of nitro benzene ring substituents is 1. The van der Waals surface area contributed by atoms with Crippen molar-refractivity contribution in [1.29, 1.82) is 0 Å². The van der Waals surface area contributed by atoms with E-state index in [1.807, 2.05) is 0 Å². The summed E-state index contributed by atoms with van der Waals surface area (Å²) in [5, 5.41) is 22.7. The molecule has 0 heterocycles. The summed E-state index contributed by atoms with van der Waals surface area (Å²) in [6.45, 7) is 2.12. The quantitative estimate of drug-likeness (QED) is 0.351. The van der Waals surface area contributed by atoms with Crippen LogP contribution in [0.1, 0.15) is 19.8 Å². The molecule has 0 saturated heterocycles. The number of halogens is 2. The molecule has 0 spiro atoms. The molecule has 0 radical (unpaired) electrons. The van der Waals surface area contributed by atoms with Crippen LogP contribution in [0.3, 0.4) is 0 Å². The predicted octanol–water partition coefficient (Wildman–Crippen LogP) is 2.91. The number of benzene rings is 1. The molecule has 0 bridgehead atoms. The van der Waals surface area contributed by atoms with Crippen molar-refractivity contribution in [2.24, 2.45) is 0 Å². The maximum Gasteiger partial charge on any atom is 0.293 e. The van der Waals surface area contributed by atoms with Crippen LogP contribution < -0.4 is 5.32 Å². The number of anilines is 1. The third kappa shape index (κ3) is 4.37. The van der Waals surface area contributed by atoms with Gasteiger partial charge in [-0.05, 0) is 42.4 Å². The zero-order chi connectivity index (χ0) is 13.7. The van der Waals surface area contributed by atoms with Gasteiger partial charge >= 0.3 is 0 Å². The van der Waals surface area contributed by atoms with Crippen molar-refractivity contribution in [3.05, 3.63) is 31.6 Å². The van der Waals surface area contributed by atoms with Gasteiger partial charge in [0.2, 0.25) is 0 Å². The summed E-state index contributed by atoms with van der Waals surface area (Å²) in [5.41, 5.74) is 0.0290. The Labute approximate surface area is 118 Å². The van der Waals surface area contributed by atoms with E-state index in [4.69, 9.17) is 5.11 Å². The number of rotatable bonds is 6. The van der Waals surface area contributed by atoms with E-state index in [1.54, 1.807) is 29.5 Å². The van der Waals surface area contributed by atoms with Crippen molar-refractivity contribution in [1.82, 2.24) is 0 Å². The molecular formula is C11H14FIN2O3. The number of nitro groups is 1. The minimum Gasteiger partial charge on any atom is -0.393 e. The smallest absolute Gasteiger partial charge is 0.293 e. The lowest BCUT2D eigenvalue weighted by molar-refractivity contribution is -0.384. The van der Waals surface area contributed by atoms with E-state index in [0.717, 1.165) is 6.07 Å². The summed E-state index contributed by atoms with van der Waals surface area (Å²) in [5.74, 6) is -0.487. The second-order valence-electron chi connectivity index (χ2n) is 3.96. The Morgan fingerprint density at radius 2 is 2.28 bits per heavy atom. The summed E-state index contributed by atoms with van der Waals surface area (Å²) < 4.78 is 13.6. The van der Waals surface area contributed by atoms with Gasteiger partial charge in [0, 0.05) is 18.7 Å². The van der Waals surface area contributed by atoms with Crippen LogP contribution in [-0.2, 0) is 0 Å². The molecule has 2 N–H and O–H groups in total. The SMILES string of the molecule is CC(O)CCCNc1cc(F)c(I)cc1[N+](=O)[O-]. The normalized spacial score (nSPS) is 12.2. The number of nitrogens with zero attached hydrogens (tertiary/aromatic N) is 1. The molecule has 7 heteroatoms. The molecule has 1 unspecified atom stereocenters. The molecular weight excluding hydrogens is 354 g/mol. The fourth-order valence-electron chi connectivity index (χ4n) is 1.45. The lowest BCUT2D eigenvalue weighted by Crippen LogP contribution is -2.08. The van der Waals surface area contributed by atoms with Crippen molar-refractivity contribution in [2.75, 3.05) is 11.9 Å². The first-order valence-electron chi connectivity index (χ1n) is 5.47. The van der Waals surface area contributed by atoms with Gasteiger partial charge < -0.3 is 10.4 Å². The highest BCUT2D eigenvalue weighted by Gasteiger charge is 2.17. The summed E-state index contributed by atoms with van der Waals surface area (Å²) in [6.07, 6.45) is 0.839. The summed E-state index contributed by atoms with van der Waals surface area (Å²) in [4.78, 5) is 10.3. The molecule has 1 rings (SSSR count). The van der Waals surface area contributed by atoms with Crippen LogP contribution in [0, 0.1) is 19.5 Å². The van der Waals surface area contributed by atoms with Crippen molar-refractivity contribution in [2.45, 2.75) is 25.9 Å². The van der Waals surface area contributed by atoms with Gasteiger partial charge in [-0.2, -0.15) is 0 Å². The zero-order valence-electron chi connectivity index (χ0n) is 9.82. The van der Waals surface area contributed by atoms with Crippen LogP contribution in [0.25, 0.3) is 0 Å². The highest BCUT2D eigenvalue weighted by molar-refractivity contribution is 14.1. The van der Waals surface area contributed by atoms with Crippen LogP contribution in [0.15, 0.2) is 12.1 Å². The van der Waals surface area contributed by atoms with Crippen LogP contribution >= 0.6 is 22.6 Å². The van der Waals surface area contributed by atoms with Crippen LogP contribution in [-0.4, -0.2) is 22.7 Å². The fourth-order valence-corrected chi connectivity index (χ4v) is 1.90. The second kappa shape index (κ2) is 6.83. The lowest BCUT2D eigenvalue weighted by atomic mass is 10.2. The Balaban J connectivity index is 2.74. The Bertz CT molecular complexity index is 441. The number of aliphatic hydroxyl groups is 1. The van der Waals surface area contributed by atoms with Gasteiger partial charge in [-0.25, -0.2) is 4.39 Å². The topological polar surface area (TPSA) is 75.4 Å². The number of nitrogens with one attached hydrogen (secondary N) is 1. The number of aliphatic hydroxyl groups excluding tert-OH is 1. The standard InChI is InChI=1S/C11H14FIN2O3/c1-7(16)3-2-4-14-10-5-8(12)9(13)6-11(10)15(17)18/h5-7,14,16H,2-4H2,1H3. The first-order valence-corrected chi connectivity index (χ1v) is 6.55. The first-order chi connectivity index (χ1) is 8.41. The van der Waals surface area contributed by atoms with Crippen LogP contribution in [0.2, 0.25) is 0 Å². The molecule has 1 aromatic rings. The summed E-state index contributed by atoms with van der Waals surface area (Å²) >= 11 is 1.71. The molecule has 1 aromatic carbocycles. The predicted molar refractivity (Wildman–Crippen MR) is 75.2 cm³/mol. The van der Waals surface area contributed by atoms with E-state index in [0.29, 0.717) is 19.4 Å². The zero-order valence-corrected chi connectivity index (χ0v) is 12.0. The van der Waals surface area contributed by atoms with E-state index >= 15 is 0 Å². The highest BCUT2D eigenvalue weighted by atomic mass is 127. The minimum atomic E-state index is -0.543. The third-order valence-corrected chi connectivity index (χ3v) is 3.18. The van der Waals surface area contributed by atoms with Gasteiger partial charge in [-0.3, -0.25) is 10.1 Å². The largest absolute Gasteiger partial charge is 0.393 e. The third-order valence-electron chi connectivity index (χ3n) is 2.35. The molecule has 0 saturated carbocycles. The van der Waals surface area contributed by atoms with Gasteiger partial charge in [0.1, 0.15) is 11.5 Å². The molecule has 5 nitrogen and oxygen atoms in total. The summed E-state index contributed by atoms with van der Waals surface area (Å²) in [6, 6.07) is 2.33. The van der Waals surface area contributed by atoms with Crippen molar-refractivity contribution in [3.8, 4) is 0 Å². The molecule has 0 aromatic heterocycles. The van der Waals surface area contributed by atoms with Gasteiger partial charge in [-0.1, -0.05) is 0 Å². The fraction of sp³-hybridized carbons (Fsp3) is 0.455. The molecule has 0 aliphatic rings. The molecule has 0 aliphatic heterocycles. The number of hydrogen-bond donors (Lipinski definition) is 2. The van der Waals surface area contributed by atoms with E-state index in [1.165, 1.54) is 6.07 Å². The first kappa shape index (κ1) is 15.1. The van der Waals surface area contributed by atoms with Crippen molar-refractivity contribution >= 4 is 34.0 Å². The average Bonchev–Trinajstić information content (AvgIpc) is 2.28. The van der Waals surface area contributed by atoms with E-state index in [-0.39, 0.29) is 14.9 Å². The maximum absolute atomic E-state index is 13.3. The van der Waals surface area contributed by atoms with Crippen LogP contribution in [0.4, 0.5) is 15.8 Å². The molecule has 1 atom stereocenters. The monoisotopic (exact) mass is 368 g/mol. The Hall–Kier alpha value is -0.960. The average molecular weight is 368 g/mol. The number of hydrogen-bond acceptors (Lipinski definition) is 4. The Morgan fingerprint density at radius 3 is 2.83 bits per heavy atom. The van der Waals surface area contributed by atoms with E-state index in [9.17, 15) is 14.5 Å². The Kier molecular flexibility index (Phi) is 5.73. The van der Waals surface area contributed by atoms with E-state index < -0.39 is 16.8 Å². The summed E-state index contributed by atoms with van der Waals surface area (Å²) in [7, 11) is 0. The minimum absolute atomic E-state index is 0.141.